The van der Waals surface area contributed by atoms with Gasteiger partial charge in [-0.15, -0.1) is 0 Å². The zero-order valence-corrected chi connectivity index (χ0v) is 17.3. The van der Waals surface area contributed by atoms with E-state index in [9.17, 15) is 4.79 Å². The Morgan fingerprint density at radius 3 is 2.43 bits per heavy atom. The van der Waals surface area contributed by atoms with E-state index in [4.69, 9.17) is 0 Å². The van der Waals surface area contributed by atoms with Crippen LogP contribution in [0.3, 0.4) is 0 Å². The molecule has 0 aliphatic rings. The summed E-state index contributed by atoms with van der Waals surface area (Å²) in [6.07, 6.45) is 1.99. The van der Waals surface area contributed by atoms with E-state index in [1.54, 1.807) is 15.4 Å². The van der Waals surface area contributed by atoms with Gasteiger partial charge in [0.05, 0.1) is 12.1 Å². The van der Waals surface area contributed by atoms with Gasteiger partial charge in [-0.3, -0.25) is 14.4 Å². The van der Waals surface area contributed by atoms with Gasteiger partial charge in [0.25, 0.3) is 5.95 Å². The monoisotopic (exact) mass is 378 g/mol. The molecule has 0 saturated carbocycles. The van der Waals surface area contributed by atoms with Crippen LogP contribution < -0.4 is 5.49 Å². The van der Waals surface area contributed by atoms with Crippen molar-refractivity contribution in [2.75, 3.05) is 0 Å². The summed E-state index contributed by atoms with van der Waals surface area (Å²) in [5.41, 5.74) is 4.98. The highest BCUT2D eigenvalue weighted by molar-refractivity contribution is 5.81. The Labute approximate surface area is 164 Å². The minimum Gasteiger partial charge on any atom is -0.274 e. The van der Waals surface area contributed by atoms with Crippen LogP contribution in [0.4, 0.5) is 0 Å². The highest BCUT2D eigenvalue weighted by atomic mass is 16.2. The van der Waals surface area contributed by atoms with Crippen LogP contribution >= 0.6 is 0 Å². The average molecular weight is 378 g/mol. The number of aryl methyl sites for hydroxylation is 3. The van der Waals surface area contributed by atoms with Crippen LogP contribution in [0, 0.1) is 27.7 Å². The van der Waals surface area contributed by atoms with Crippen LogP contribution in [-0.2, 0) is 6.42 Å². The Kier molecular flexibility index (Phi) is 5.53. The van der Waals surface area contributed by atoms with Crippen molar-refractivity contribution in [3.05, 3.63) is 64.3 Å². The van der Waals surface area contributed by atoms with Gasteiger partial charge >= 0.3 is 0 Å². The number of hydrogen-bond donors (Lipinski definition) is 0. The highest BCUT2D eigenvalue weighted by Gasteiger charge is 2.18. The molecule has 0 atom stereocenters. The summed E-state index contributed by atoms with van der Waals surface area (Å²) < 4.78 is 3.32. The maximum Gasteiger partial charge on any atom is 0.251 e. The Hall–Kier alpha value is -3.09. The lowest BCUT2D eigenvalue weighted by atomic mass is 10.1. The van der Waals surface area contributed by atoms with E-state index in [1.807, 2.05) is 65.8 Å². The second-order valence-corrected chi connectivity index (χ2v) is 7.23. The van der Waals surface area contributed by atoms with Crippen molar-refractivity contribution in [1.82, 2.24) is 24.3 Å². The first-order chi connectivity index (χ1) is 13.3. The average Bonchev–Trinajstić information content (AvgIpc) is 2.89. The fourth-order valence-electron chi connectivity index (χ4n) is 3.18. The molecule has 3 heterocycles. The molecular weight excluding hydrogens is 352 g/mol. The standard InChI is InChI=1S/C21H26N6O/c1-13(2)22-19-9-7-8-10-26(19)20(28)12-18-16(5)25-27(17(18)6)21-23-14(3)11-15(4)24-21/h7-11,13H,12H2,1-6H3. The molecule has 0 amide bonds. The molecule has 0 bridgehead atoms. The largest absolute Gasteiger partial charge is 0.274 e. The summed E-state index contributed by atoms with van der Waals surface area (Å²) in [7, 11) is 0. The molecule has 0 aliphatic heterocycles. The molecule has 0 fully saturated rings. The molecule has 146 valence electrons. The second kappa shape index (κ2) is 7.88. The molecule has 0 radical (unpaired) electrons. The number of rotatable bonds is 4. The summed E-state index contributed by atoms with van der Waals surface area (Å²) in [6, 6.07) is 7.60. The number of nitrogens with zero attached hydrogens (tertiary/aromatic N) is 6. The Balaban J connectivity index is 1.99. The molecule has 0 saturated heterocycles. The number of hydrogen-bond acceptors (Lipinski definition) is 5. The molecule has 0 unspecified atom stereocenters. The molecule has 3 rings (SSSR count). The number of carbonyl (C=O) groups is 1. The smallest absolute Gasteiger partial charge is 0.251 e. The van der Waals surface area contributed by atoms with Gasteiger partial charge in [-0.05, 0) is 59.7 Å². The zero-order valence-electron chi connectivity index (χ0n) is 17.3. The summed E-state index contributed by atoms with van der Waals surface area (Å²) in [5, 5.41) is 4.59. The zero-order chi connectivity index (χ0) is 20.4. The third-order valence-electron chi connectivity index (χ3n) is 4.43. The van der Waals surface area contributed by atoms with Gasteiger partial charge in [0.1, 0.15) is 5.49 Å². The van der Waals surface area contributed by atoms with Gasteiger partial charge in [-0.2, -0.15) is 5.10 Å². The van der Waals surface area contributed by atoms with Crippen molar-refractivity contribution < 1.29 is 4.79 Å². The first-order valence-electron chi connectivity index (χ1n) is 9.38. The predicted octanol–water partition coefficient (Wildman–Crippen LogP) is 2.89. The molecule has 28 heavy (non-hydrogen) atoms. The van der Waals surface area contributed by atoms with E-state index in [0.717, 1.165) is 28.3 Å². The minimum atomic E-state index is -0.0490. The van der Waals surface area contributed by atoms with Crippen molar-refractivity contribution in [3.63, 3.8) is 0 Å². The van der Waals surface area contributed by atoms with E-state index >= 15 is 0 Å². The lowest BCUT2D eigenvalue weighted by Gasteiger charge is -2.08. The summed E-state index contributed by atoms with van der Waals surface area (Å²) in [6.45, 7) is 11.7. The molecule has 7 nitrogen and oxygen atoms in total. The topological polar surface area (TPSA) is 78.0 Å². The van der Waals surface area contributed by atoms with Gasteiger partial charge in [0.2, 0.25) is 5.91 Å². The van der Waals surface area contributed by atoms with Crippen molar-refractivity contribution in [3.8, 4) is 5.95 Å². The number of aromatic nitrogens is 5. The lowest BCUT2D eigenvalue weighted by molar-refractivity contribution is 0.0908. The second-order valence-electron chi connectivity index (χ2n) is 7.23. The molecule has 0 spiro atoms. The van der Waals surface area contributed by atoms with Crippen LogP contribution in [0.25, 0.3) is 5.95 Å². The number of pyridine rings is 1. The van der Waals surface area contributed by atoms with E-state index in [1.165, 1.54) is 0 Å². The first-order valence-corrected chi connectivity index (χ1v) is 9.38. The van der Waals surface area contributed by atoms with Gasteiger partial charge in [-0.25, -0.2) is 14.6 Å². The molecule has 0 aliphatic carbocycles. The highest BCUT2D eigenvalue weighted by Crippen LogP contribution is 2.17. The van der Waals surface area contributed by atoms with Gasteiger partial charge in [0, 0.05) is 34.9 Å². The van der Waals surface area contributed by atoms with E-state index in [2.05, 4.69) is 20.1 Å². The van der Waals surface area contributed by atoms with Gasteiger partial charge in [0.15, 0.2) is 0 Å². The van der Waals surface area contributed by atoms with Crippen LogP contribution in [-0.4, -0.2) is 36.3 Å². The SMILES string of the molecule is Cc1cc(C)nc(-n2nc(C)c(CC(=O)n3ccccc3=NC(C)C)c2C)n1. The predicted molar refractivity (Wildman–Crippen MR) is 108 cm³/mol. The Morgan fingerprint density at radius 2 is 1.79 bits per heavy atom. The van der Waals surface area contributed by atoms with Gasteiger partial charge in [-0.1, -0.05) is 6.07 Å². The number of carbonyl (C=O) groups excluding carboxylic acids is 1. The van der Waals surface area contributed by atoms with Crippen LogP contribution in [0.2, 0.25) is 0 Å². The van der Waals surface area contributed by atoms with E-state index in [-0.39, 0.29) is 18.4 Å². The molecule has 0 N–H and O–H groups in total. The fourth-order valence-corrected chi connectivity index (χ4v) is 3.18. The molecule has 7 heteroatoms. The maximum atomic E-state index is 13.0. The van der Waals surface area contributed by atoms with Crippen molar-refractivity contribution in [2.24, 2.45) is 4.99 Å². The normalized spacial score (nSPS) is 12.0. The van der Waals surface area contributed by atoms with Crippen LogP contribution in [0.5, 0.6) is 0 Å². The third-order valence-corrected chi connectivity index (χ3v) is 4.43. The maximum absolute atomic E-state index is 13.0. The Morgan fingerprint density at radius 1 is 1.11 bits per heavy atom. The van der Waals surface area contributed by atoms with E-state index < -0.39 is 0 Å². The van der Waals surface area contributed by atoms with Crippen molar-refractivity contribution in [2.45, 2.75) is 54.0 Å². The van der Waals surface area contributed by atoms with Gasteiger partial charge < -0.3 is 0 Å². The molecule has 0 aromatic carbocycles. The minimum absolute atomic E-state index is 0.0490. The molecular formula is C21H26N6O. The van der Waals surface area contributed by atoms with Crippen LogP contribution in [0.1, 0.15) is 47.0 Å². The summed E-state index contributed by atoms with van der Waals surface area (Å²) in [4.78, 5) is 26.5. The van der Waals surface area contributed by atoms with Crippen molar-refractivity contribution >= 4 is 5.91 Å². The molecule has 3 aromatic heterocycles. The van der Waals surface area contributed by atoms with Crippen LogP contribution in [0.15, 0.2) is 35.5 Å². The summed E-state index contributed by atoms with van der Waals surface area (Å²) in [5.74, 6) is 0.478. The third kappa shape index (κ3) is 4.08. The summed E-state index contributed by atoms with van der Waals surface area (Å²) >= 11 is 0. The molecule has 3 aromatic rings. The van der Waals surface area contributed by atoms with E-state index in [0.29, 0.717) is 11.4 Å². The fraction of sp³-hybridized carbons (Fsp3) is 0.381. The Bertz CT molecular complexity index is 1070. The quantitative estimate of drug-likeness (QED) is 0.699. The first kappa shape index (κ1) is 19.7. The van der Waals surface area contributed by atoms with Crippen molar-refractivity contribution in [1.29, 1.82) is 0 Å². The lowest BCUT2D eigenvalue weighted by Crippen LogP contribution is -2.29.